The molecule has 1 aromatic carbocycles. The summed E-state index contributed by atoms with van der Waals surface area (Å²) in [7, 11) is 0. The van der Waals surface area contributed by atoms with Crippen LogP contribution >= 0.6 is 0 Å². The van der Waals surface area contributed by atoms with Gasteiger partial charge in [-0.05, 0) is 31.2 Å². The Morgan fingerprint density at radius 3 is 2.44 bits per heavy atom. The van der Waals surface area contributed by atoms with Gasteiger partial charge in [-0.3, -0.25) is 0 Å². The maximum Gasteiger partial charge on any atom is -0.0244 e. The summed E-state index contributed by atoms with van der Waals surface area (Å²) in [6.07, 6.45) is 14.2. The van der Waals surface area contributed by atoms with Gasteiger partial charge in [0, 0.05) is 0 Å². The summed E-state index contributed by atoms with van der Waals surface area (Å²) in [4.78, 5) is 0. The van der Waals surface area contributed by atoms with Crippen LogP contribution in [-0.2, 0) is 6.42 Å². The zero-order valence-electron chi connectivity index (χ0n) is 11.9. The van der Waals surface area contributed by atoms with Crippen molar-refractivity contribution in [2.75, 3.05) is 0 Å². The molecule has 0 heterocycles. The van der Waals surface area contributed by atoms with Gasteiger partial charge in [0.2, 0.25) is 0 Å². The Labute approximate surface area is 112 Å². The number of hydrogen-bond donors (Lipinski definition) is 0. The van der Waals surface area contributed by atoms with E-state index in [0.29, 0.717) is 0 Å². The van der Waals surface area contributed by atoms with Gasteiger partial charge in [-0.2, -0.15) is 0 Å². The molecule has 0 unspecified atom stereocenters. The van der Waals surface area contributed by atoms with Crippen molar-refractivity contribution in [3.63, 3.8) is 0 Å². The van der Waals surface area contributed by atoms with Gasteiger partial charge in [0.15, 0.2) is 0 Å². The quantitative estimate of drug-likeness (QED) is 0.513. The van der Waals surface area contributed by atoms with Crippen LogP contribution < -0.4 is 0 Å². The summed E-state index contributed by atoms with van der Waals surface area (Å²) in [6, 6.07) is 10.7. The Balaban J connectivity index is 2.37. The number of hydrogen-bond acceptors (Lipinski definition) is 0. The molecule has 0 saturated carbocycles. The van der Waals surface area contributed by atoms with E-state index in [1.165, 1.54) is 36.8 Å². The molecule has 0 fully saturated rings. The highest BCUT2D eigenvalue weighted by Gasteiger charge is 1.91. The molecule has 0 aliphatic carbocycles. The largest absolute Gasteiger partial charge is 0.0839 e. The van der Waals surface area contributed by atoms with Crippen LogP contribution in [0.3, 0.4) is 0 Å². The van der Waals surface area contributed by atoms with Crippen LogP contribution in [0.1, 0.15) is 51.5 Å². The lowest BCUT2D eigenvalue weighted by Crippen LogP contribution is -1.83. The first-order valence-corrected chi connectivity index (χ1v) is 7.26. The fraction of sp³-hybridized carbons (Fsp3) is 0.444. The Morgan fingerprint density at radius 2 is 1.78 bits per heavy atom. The molecular formula is C18H26. The van der Waals surface area contributed by atoms with Crippen molar-refractivity contribution in [3.05, 3.63) is 59.7 Å². The maximum atomic E-state index is 2.39. The van der Waals surface area contributed by atoms with Crippen LogP contribution in [0.15, 0.2) is 54.1 Å². The van der Waals surface area contributed by atoms with E-state index in [2.05, 4.69) is 62.4 Å². The van der Waals surface area contributed by atoms with Gasteiger partial charge in [-0.1, -0.05) is 80.8 Å². The molecule has 98 valence electrons. The van der Waals surface area contributed by atoms with Crippen LogP contribution in [0.4, 0.5) is 0 Å². The van der Waals surface area contributed by atoms with E-state index in [1.807, 2.05) is 0 Å². The highest BCUT2D eigenvalue weighted by Crippen LogP contribution is 2.10. The molecule has 0 radical (unpaired) electrons. The molecule has 1 rings (SSSR count). The van der Waals surface area contributed by atoms with Crippen molar-refractivity contribution in [1.29, 1.82) is 0 Å². The lowest BCUT2D eigenvalue weighted by molar-refractivity contribution is 0.891. The van der Waals surface area contributed by atoms with Crippen LogP contribution in [0.2, 0.25) is 0 Å². The molecule has 1 aromatic rings. The minimum atomic E-state index is 1.14. The molecule has 0 N–H and O–H groups in total. The van der Waals surface area contributed by atoms with Crippen molar-refractivity contribution in [2.45, 2.75) is 52.4 Å². The van der Waals surface area contributed by atoms with Crippen molar-refractivity contribution < 1.29 is 0 Å². The summed E-state index contributed by atoms with van der Waals surface area (Å²) < 4.78 is 0. The predicted octanol–water partition coefficient (Wildman–Crippen LogP) is 5.70. The standard InChI is InChI=1S/C18H26/c1-3-5-12-17(11-4-2)15-9-10-16-18-13-7-6-8-14-18/h6-9,12-15H,3-5,10-11,16H2,1-2H3/b15-9+,17-12+. The summed E-state index contributed by atoms with van der Waals surface area (Å²) in [5.41, 5.74) is 2.93. The number of benzene rings is 1. The van der Waals surface area contributed by atoms with E-state index in [-0.39, 0.29) is 0 Å². The Bertz CT molecular complexity index is 357. The fourth-order valence-corrected chi connectivity index (χ4v) is 2.00. The summed E-state index contributed by atoms with van der Waals surface area (Å²) in [5.74, 6) is 0. The van der Waals surface area contributed by atoms with E-state index in [9.17, 15) is 0 Å². The third-order valence-corrected chi connectivity index (χ3v) is 3.01. The Kier molecular flexibility index (Phi) is 7.96. The van der Waals surface area contributed by atoms with Crippen molar-refractivity contribution in [3.8, 4) is 0 Å². The van der Waals surface area contributed by atoms with Gasteiger partial charge in [0.05, 0.1) is 0 Å². The predicted molar refractivity (Wildman–Crippen MR) is 81.8 cm³/mol. The lowest BCUT2D eigenvalue weighted by atomic mass is 10.1. The molecule has 0 heteroatoms. The first-order chi connectivity index (χ1) is 8.86. The van der Waals surface area contributed by atoms with Gasteiger partial charge >= 0.3 is 0 Å². The average Bonchev–Trinajstić information content (AvgIpc) is 2.42. The molecule has 0 aromatic heterocycles. The monoisotopic (exact) mass is 242 g/mol. The van der Waals surface area contributed by atoms with E-state index in [0.717, 1.165) is 12.8 Å². The second-order valence-electron chi connectivity index (χ2n) is 4.74. The SMILES string of the molecule is CCC/C=C(/C=C/CCc1ccccc1)CCC. The summed E-state index contributed by atoms with van der Waals surface area (Å²) >= 11 is 0. The Morgan fingerprint density at radius 1 is 1.00 bits per heavy atom. The molecule has 0 nitrogen and oxygen atoms in total. The lowest BCUT2D eigenvalue weighted by Gasteiger charge is -2.00. The molecule has 0 aliphatic rings. The van der Waals surface area contributed by atoms with Crippen molar-refractivity contribution in [1.82, 2.24) is 0 Å². The highest BCUT2D eigenvalue weighted by atomic mass is 14.0. The second kappa shape index (κ2) is 9.70. The molecule has 0 saturated heterocycles. The highest BCUT2D eigenvalue weighted by molar-refractivity contribution is 5.20. The first kappa shape index (κ1) is 14.8. The zero-order valence-corrected chi connectivity index (χ0v) is 11.9. The van der Waals surface area contributed by atoms with E-state index >= 15 is 0 Å². The number of aryl methyl sites for hydroxylation is 1. The van der Waals surface area contributed by atoms with Gasteiger partial charge in [0.1, 0.15) is 0 Å². The third-order valence-electron chi connectivity index (χ3n) is 3.01. The van der Waals surface area contributed by atoms with E-state index in [4.69, 9.17) is 0 Å². The summed E-state index contributed by atoms with van der Waals surface area (Å²) in [6.45, 7) is 4.48. The molecule has 0 amide bonds. The van der Waals surface area contributed by atoms with Crippen molar-refractivity contribution in [2.24, 2.45) is 0 Å². The Hall–Kier alpha value is -1.30. The molecule has 0 atom stereocenters. The zero-order chi connectivity index (χ0) is 13.1. The molecule has 18 heavy (non-hydrogen) atoms. The molecule has 0 aliphatic heterocycles. The van der Waals surface area contributed by atoms with E-state index < -0.39 is 0 Å². The number of allylic oxidation sites excluding steroid dienone is 4. The normalized spacial score (nSPS) is 12.2. The van der Waals surface area contributed by atoms with Gasteiger partial charge in [-0.25, -0.2) is 0 Å². The maximum absolute atomic E-state index is 2.39. The van der Waals surface area contributed by atoms with Gasteiger partial charge in [0.25, 0.3) is 0 Å². The molecule has 0 spiro atoms. The van der Waals surface area contributed by atoms with Gasteiger partial charge < -0.3 is 0 Å². The van der Waals surface area contributed by atoms with Crippen LogP contribution in [0, 0.1) is 0 Å². The topological polar surface area (TPSA) is 0 Å². The van der Waals surface area contributed by atoms with Crippen LogP contribution in [-0.4, -0.2) is 0 Å². The average molecular weight is 242 g/mol. The molecule has 0 bridgehead atoms. The van der Waals surface area contributed by atoms with E-state index in [1.54, 1.807) is 0 Å². The smallest absolute Gasteiger partial charge is 0.0244 e. The third kappa shape index (κ3) is 6.44. The fourth-order valence-electron chi connectivity index (χ4n) is 2.00. The van der Waals surface area contributed by atoms with Gasteiger partial charge in [-0.15, -0.1) is 0 Å². The first-order valence-electron chi connectivity index (χ1n) is 7.26. The van der Waals surface area contributed by atoms with Crippen LogP contribution in [0.5, 0.6) is 0 Å². The molecular weight excluding hydrogens is 216 g/mol. The minimum Gasteiger partial charge on any atom is -0.0839 e. The number of unbranched alkanes of at least 4 members (excludes halogenated alkanes) is 1. The number of rotatable bonds is 8. The minimum absolute atomic E-state index is 1.14. The second-order valence-corrected chi connectivity index (χ2v) is 4.74. The van der Waals surface area contributed by atoms with Crippen LogP contribution in [0.25, 0.3) is 0 Å². The van der Waals surface area contributed by atoms with Crippen molar-refractivity contribution >= 4 is 0 Å². The summed E-state index contributed by atoms with van der Waals surface area (Å²) in [5, 5.41) is 0.